The maximum Gasteiger partial charge on any atom is 0.313 e. The molecule has 0 heterocycles. The van der Waals surface area contributed by atoms with Crippen LogP contribution in [0.4, 0.5) is 39.8 Å². The zero-order chi connectivity index (χ0) is 32.7. The summed E-state index contributed by atoms with van der Waals surface area (Å²) < 4.78 is 10.6. The van der Waals surface area contributed by atoms with Crippen molar-refractivity contribution < 1.29 is 14.6 Å². The Bertz CT molecular complexity index is 1790. The number of fused-ring (bicyclic) bond motifs is 1. The van der Waals surface area contributed by atoms with Crippen LogP contribution < -0.4 is 10.1 Å². The molecule has 0 aliphatic rings. The topological polar surface area (TPSA) is 125 Å². The molecule has 0 spiro atoms. The Morgan fingerprint density at radius 3 is 1.55 bits per heavy atom. The van der Waals surface area contributed by atoms with E-state index in [1.165, 1.54) is 0 Å². The smallest absolute Gasteiger partial charge is 0.313 e. The van der Waals surface area contributed by atoms with Crippen molar-refractivity contribution in [3.63, 3.8) is 0 Å². The molecule has 0 radical (unpaired) electrons. The summed E-state index contributed by atoms with van der Waals surface area (Å²) in [6.07, 6.45) is 4.14. The molecule has 10 nitrogen and oxygen atoms in total. The Hall–Kier alpha value is -5.32. The van der Waals surface area contributed by atoms with Gasteiger partial charge in [-0.15, -0.1) is 10.2 Å². The lowest BCUT2D eigenvalue weighted by Crippen LogP contribution is -2.20. The monoisotopic (exact) mass is 629 g/mol. The van der Waals surface area contributed by atoms with Crippen LogP contribution in [0, 0.1) is 0 Å². The second kappa shape index (κ2) is 17.4. The molecule has 0 amide bonds. The fourth-order valence-corrected chi connectivity index (χ4v) is 4.49. The molecular formula is C37H39N7O3. The fourth-order valence-electron chi connectivity index (χ4n) is 4.49. The zero-order valence-electron chi connectivity index (χ0n) is 26.7. The number of rotatable bonds is 16. The molecule has 5 rings (SSSR count). The molecule has 0 aromatic heterocycles. The number of azo groups is 3. The predicted octanol–water partition coefficient (Wildman–Crippen LogP) is 11.8. The van der Waals surface area contributed by atoms with Gasteiger partial charge >= 0.3 is 6.48 Å². The molecule has 0 bridgehead atoms. The van der Waals surface area contributed by atoms with Crippen LogP contribution in [0.25, 0.3) is 10.8 Å². The van der Waals surface area contributed by atoms with E-state index < -0.39 is 6.48 Å². The van der Waals surface area contributed by atoms with Gasteiger partial charge in [0.25, 0.3) is 0 Å². The third-order valence-electron chi connectivity index (χ3n) is 7.11. The molecule has 240 valence electrons. The minimum absolute atomic E-state index is 0.437. The van der Waals surface area contributed by atoms with Crippen LogP contribution in [0.3, 0.4) is 0 Å². The lowest BCUT2D eigenvalue weighted by atomic mass is 10.1. The normalized spacial score (nSPS) is 12.4. The van der Waals surface area contributed by atoms with Crippen LogP contribution in [-0.2, 0) is 4.74 Å². The number of anilines is 1. The van der Waals surface area contributed by atoms with E-state index in [2.05, 4.69) is 49.8 Å². The first kappa shape index (κ1) is 33.1. The third kappa shape index (κ3) is 10.1. The van der Waals surface area contributed by atoms with Crippen molar-refractivity contribution in [3.8, 4) is 5.75 Å². The molecule has 1 atom stereocenters. The summed E-state index contributed by atoms with van der Waals surface area (Å²) >= 11 is 0. The number of nitrogens with one attached hydrogen (secondary N) is 1. The predicted molar refractivity (Wildman–Crippen MR) is 187 cm³/mol. The highest BCUT2D eigenvalue weighted by molar-refractivity contribution is 5.99. The number of hydrogen-bond acceptors (Lipinski definition) is 10. The van der Waals surface area contributed by atoms with E-state index in [1.807, 2.05) is 84.9 Å². The molecule has 0 aliphatic heterocycles. The van der Waals surface area contributed by atoms with Crippen molar-refractivity contribution in [3.05, 3.63) is 109 Å². The van der Waals surface area contributed by atoms with Gasteiger partial charge in [0.2, 0.25) is 0 Å². The molecule has 1 unspecified atom stereocenters. The van der Waals surface area contributed by atoms with Crippen molar-refractivity contribution in [2.45, 2.75) is 46.0 Å². The number of unbranched alkanes of at least 4 members (excludes halogenated alkanes) is 2. The number of aliphatic hydroxyl groups excluding tert-OH is 1. The SMILES string of the molecule is CCCCNc1ccc(N=Nc2ccc(N=Nc3ccc(N=Nc4ccc(OC(O)OCCCC)cc4)c4ccccc34)cc2)cc1. The van der Waals surface area contributed by atoms with Crippen LogP contribution in [0.5, 0.6) is 5.75 Å². The Labute approximate surface area is 274 Å². The standard InChI is InChI=1S/C37H39N7O3/c1-3-5-25-38-27-11-13-28(14-12-27)39-40-29-15-17-30(18-16-29)41-43-35-23-24-36(34-10-8-7-9-33(34)35)44-42-31-19-21-32(22-20-31)47-37(45)46-26-6-4-2/h7-24,37-38,45H,3-6,25-26H2,1-2H3. The van der Waals surface area contributed by atoms with Gasteiger partial charge in [-0.1, -0.05) is 51.0 Å². The Balaban J connectivity index is 1.21. The minimum Gasteiger partial charge on any atom is -0.441 e. The molecule has 5 aromatic carbocycles. The number of ether oxygens (including phenoxy) is 2. The van der Waals surface area contributed by atoms with E-state index in [1.54, 1.807) is 24.3 Å². The molecule has 0 saturated heterocycles. The van der Waals surface area contributed by atoms with Gasteiger partial charge in [-0.2, -0.15) is 20.5 Å². The highest BCUT2D eigenvalue weighted by Gasteiger charge is 2.07. The van der Waals surface area contributed by atoms with Crippen LogP contribution in [-0.4, -0.2) is 24.7 Å². The van der Waals surface area contributed by atoms with E-state index in [4.69, 9.17) is 9.47 Å². The van der Waals surface area contributed by atoms with Crippen molar-refractivity contribution in [2.24, 2.45) is 30.7 Å². The van der Waals surface area contributed by atoms with Crippen molar-refractivity contribution in [1.82, 2.24) is 0 Å². The molecule has 10 heteroatoms. The van der Waals surface area contributed by atoms with Gasteiger partial charge in [0.05, 0.1) is 40.7 Å². The fraction of sp³-hybridized carbons (Fsp3) is 0.243. The summed E-state index contributed by atoms with van der Waals surface area (Å²) in [5, 5.41) is 41.6. The molecule has 0 fully saturated rings. The highest BCUT2D eigenvalue weighted by Crippen LogP contribution is 2.35. The molecule has 47 heavy (non-hydrogen) atoms. The summed E-state index contributed by atoms with van der Waals surface area (Å²) in [4.78, 5) is 0. The van der Waals surface area contributed by atoms with Crippen LogP contribution in [0.1, 0.15) is 39.5 Å². The summed E-state index contributed by atoms with van der Waals surface area (Å²) in [6.45, 7) is 4.33. The first-order valence-corrected chi connectivity index (χ1v) is 15.9. The van der Waals surface area contributed by atoms with Gasteiger partial charge in [-0.05, 0) is 97.8 Å². The third-order valence-corrected chi connectivity index (χ3v) is 7.11. The second-order valence-electron chi connectivity index (χ2n) is 10.7. The van der Waals surface area contributed by atoms with Crippen molar-refractivity contribution in [1.29, 1.82) is 0 Å². The van der Waals surface area contributed by atoms with E-state index >= 15 is 0 Å². The van der Waals surface area contributed by atoms with Gasteiger partial charge in [0, 0.05) is 23.0 Å². The highest BCUT2D eigenvalue weighted by atomic mass is 16.8. The molecule has 0 aliphatic carbocycles. The summed E-state index contributed by atoms with van der Waals surface area (Å²) in [5.41, 5.74) is 5.36. The average Bonchev–Trinajstić information content (AvgIpc) is 3.11. The maximum atomic E-state index is 9.86. The van der Waals surface area contributed by atoms with Gasteiger partial charge < -0.3 is 19.9 Å². The second-order valence-corrected chi connectivity index (χ2v) is 10.7. The lowest BCUT2D eigenvalue weighted by Gasteiger charge is -2.13. The van der Waals surface area contributed by atoms with Gasteiger partial charge in [0.15, 0.2) is 0 Å². The minimum atomic E-state index is -1.31. The molecule has 2 N–H and O–H groups in total. The lowest BCUT2D eigenvalue weighted by molar-refractivity contribution is -0.216. The Morgan fingerprint density at radius 2 is 1.04 bits per heavy atom. The average molecular weight is 630 g/mol. The van der Waals surface area contributed by atoms with Crippen LogP contribution in [0.15, 0.2) is 140 Å². The van der Waals surface area contributed by atoms with Gasteiger partial charge in [-0.25, -0.2) is 0 Å². The van der Waals surface area contributed by atoms with Gasteiger partial charge in [0.1, 0.15) is 5.75 Å². The van der Waals surface area contributed by atoms with E-state index in [0.29, 0.717) is 29.4 Å². The van der Waals surface area contributed by atoms with E-state index in [0.717, 1.165) is 65.8 Å². The Morgan fingerprint density at radius 1 is 0.574 bits per heavy atom. The maximum absolute atomic E-state index is 9.86. The largest absolute Gasteiger partial charge is 0.441 e. The van der Waals surface area contributed by atoms with Crippen LogP contribution in [0.2, 0.25) is 0 Å². The Kier molecular flexibility index (Phi) is 12.2. The van der Waals surface area contributed by atoms with E-state index in [9.17, 15) is 5.11 Å². The summed E-state index contributed by atoms with van der Waals surface area (Å²) in [5.74, 6) is 0.476. The first-order valence-electron chi connectivity index (χ1n) is 15.9. The van der Waals surface area contributed by atoms with Gasteiger partial charge in [-0.3, -0.25) is 0 Å². The number of benzene rings is 5. The van der Waals surface area contributed by atoms with Crippen LogP contribution >= 0.6 is 0 Å². The van der Waals surface area contributed by atoms with Crippen molar-refractivity contribution >= 4 is 50.6 Å². The molecule has 0 saturated carbocycles. The summed E-state index contributed by atoms with van der Waals surface area (Å²) in [6, 6.07) is 34.0. The summed E-state index contributed by atoms with van der Waals surface area (Å²) in [7, 11) is 0. The number of aliphatic hydroxyl groups is 1. The zero-order valence-corrected chi connectivity index (χ0v) is 26.7. The quantitative estimate of drug-likeness (QED) is 0.0639. The number of hydrogen-bond donors (Lipinski definition) is 2. The number of nitrogens with zero attached hydrogens (tertiary/aromatic N) is 6. The molecular weight excluding hydrogens is 590 g/mol. The molecule has 5 aromatic rings. The van der Waals surface area contributed by atoms with Crippen molar-refractivity contribution in [2.75, 3.05) is 18.5 Å². The van der Waals surface area contributed by atoms with E-state index in [-0.39, 0.29) is 0 Å². The first-order chi connectivity index (χ1) is 23.1.